The van der Waals surface area contributed by atoms with Crippen molar-refractivity contribution in [3.05, 3.63) is 121 Å². The van der Waals surface area contributed by atoms with E-state index in [1.54, 1.807) is 0 Å². The second kappa shape index (κ2) is 10.1. The highest BCUT2D eigenvalue weighted by Crippen LogP contribution is 2.53. The molecule has 0 aliphatic rings. The van der Waals surface area contributed by atoms with Gasteiger partial charge in [-0.25, -0.2) is 9.34 Å². The van der Waals surface area contributed by atoms with Gasteiger partial charge in [-0.05, 0) is 76.7 Å². The van der Waals surface area contributed by atoms with Crippen molar-refractivity contribution in [3.8, 4) is 0 Å². The van der Waals surface area contributed by atoms with Crippen LogP contribution in [0, 0.1) is 0 Å². The molecule has 3 nitrogen and oxygen atoms in total. The SMILES string of the molecule is CN(C)P(=[N+]=P(c1ccccc1)(c1ccccc1)N(C)C)(c1ccccc1)c1ccccc1. The van der Waals surface area contributed by atoms with Gasteiger partial charge in [0.25, 0.3) is 0 Å². The summed E-state index contributed by atoms with van der Waals surface area (Å²) in [6.07, 6.45) is 0. The third kappa shape index (κ3) is 4.32. The summed E-state index contributed by atoms with van der Waals surface area (Å²) in [6.45, 7) is 0. The lowest BCUT2D eigenvalue weighted by molar-refractivity contribution is 0.672. The second-order valence-corrected chi connectivity index (χ2v) is 15.1. The molecule has 0 unspecified atom stereocenters. The molecule has 4 aromatic carbocycles. The summed E-state index contributed by atoms with van der Waals surface area (Å²) in [7, 11) is 4.09. The Morgan fingerprint density at radius 2 is 0.606 bits per heavy atom. The van der Waals surface area contributed by atoms with Crippen LogP contribution in [0.3, 0.4) is 0 Å². The zero-order chi connectivity index (χ0) is 23.3. The fraction of sp³-hybridized carbons (Fsp3) is 0.143. The minimum absolute atomic E-state index is 1.26. The molecule has 0 N–H and O–H groups in total. The van der Waals surface area contributed by atoms with Crippen molar-refractivity contribution in [2.45, 2.75) is 0 Å². The summed E-state index contributed by atoms with van der Waals surface area (Å²) in [5.41, 5.74) is 0. The highest BCUT2D eigenvalue weighted by molar-refractivity contribution is 7.85. The molecule has 0 amide bonds. The minimum Gasteiger partial charge on any atom is -0.221 e. The van der Waals surface area contributed by atoms with Gasteiger partial charge in [0.1, 0.15) is 0 Å². The molecule has 0 aliphatic carbocycles. The molecule has 0 atom stereocenters. The lowest BCUT2D eigenvalue weighted by atomic mass is 10.4. The Bertz CT molecular complexity index is 1110. The number of hydrogen-bond acceptors (Lipinski definition) is 0. The van der Waals surface area contributed by atoms with E-state index >= 15 is 0 Å². The van der Waals surface area contributed by atoms with Crippen LogP contribution < -0.4 is 25.4 Å². The Labute approximate surface area is 198 Å². The van der Waals surface area contributed by atoms with E-state index in [0.717, 1.165) is 0 Å². The first-order chi connectivity index (χ1) is 16.0. The van der Waals surface area contributed by atoms with E-state index in [9.17, 15) is 0 Å². The van der Waals surface area contributed by atoms with Crippen LogP contribution in [0.1, 0.15) is 0 Å². The maximum absolute atomic E-state index is 6.09. The van der Waals surface area contributed by atoms with Gasteiger partial charge in [0.2, 0.25) is 0 Å². The first-order valence-electron chi connectivity index (χ1n) is 11.1. The smallest absolute Gasteiger partial charge is 0.221 e. The first kappa shape index (κ1) is 23.5. The Hall–Kier alpha value is -2.63. The standard InChI is InChI=1S/C28H32N3P2/c1-30(2)32(25-17-9-5-10-18-25,26-19-11-6-12-20-26)29-33(31(3)4,27-21-13-7-14-22-27)28-23-15-8-16-24-28/h5-24H,1-4H3/q+1. The van der Waals surface area contributed by atoms with Gasteiger partial charge in [0.15, 0.2) is 0 Å². The molecule has 4 rings (SSSR count). The molecule has 0 radical (unpaired) electrons. The van der Waals surface area contributed by atoms with Crippen LogP contribution in [0.5, 0.6) is 0 Å². The van der Waals surface area contributed by atoms with E-state index in [2.05, 4.69) is 159 Å². The van der Waals surface area contributed by atoms with Crippen molar-refractivity contribution in [1.29, 1.82) is 0 Å². The molecular weight excluding hydrogens is 440 g/mol. The van der Waals surface area contributed by atoms with Gasteiger partial charge in [0.05, 0.1) is 21.2 Å². The topological polar surface area (TPSA) is 20.6 Å². The number of hydrogen-bond donors (Lipinski definition) is 0. The van der Waals surface area contributed by atoms with Gasteiger partial charge in [-0.1, -0.05) is 72.8 Å². The summed E-state index contributed by atoms with van der Waals surface area (Å²) < 4.78 is 10.8. The molecule has 0 bridgehead atoms. The average Bonchev–Trinajstić information content (AvgIpc) is 2.87. The number of nitrogens with zero attached hydrogens (tertiary/aromatic N) is 3. The minimum atomic E-state index is -2.31. The van der Waals surface area contributed by atoms with E-state index < -0.39 is 14.4 Å². The van der Waals surface area contributed by atoms with Crippen LogP contribution in [-0.2, 0) is 0 Å². The summed E-state index contributed by atoms with van der Waals surface area (Å²) in [5.74, 6) is 0. The van der Waals surface area contributed by atoms with E-state index in [4.69, 9.17) is 4.17 Å². The summed E-state index contributed by atoms with van der Waals surface area (Å²) in [6, 6.07) is 43.3. The van der Waals surface area contributed by atoms with E-state index in [0.29, 0.717) is 0 Å². The van der Waals surface area contributed by atoms with Gasteiger partial charge in [-0.2, -0.15) is 0 Å². The molecule has 0 saturated carbocycles. The number of benzene rings is 4. The third-order valence-electron chi connectivity index (χ3n) is 5.88. The molecule has 0 aromatic heterocycles. The lowest BCUT2D eigenvalue weighted by Gasteiger charge is -2.26. The molecule has 168 valence electrons. The van der Waals surface area contributed by atoms with Crippen LogP contribution in [0.15, 0.2) is 121 Å². The van der Waals surface area contributed by atoms with Crippen LogP contribution >= 0.6 is 14.4 Å². The van der Waals surface area contributed by atoms with Crippen molar-refractivity contribution in [2.24, 2.45) is 0 Å². The van der Waals surface area contributed by atoms with E-state index in [1.807, 2.05) is 0 Å². The maximum atomic E-state index is 6.09. The van der Waals surface area contributed by atoms with E-state index in [-0.39, 0.29) is 0 Å². The molecule has 0 fully saturated rings. The zero-order valence-corrected chi connectivity index (χ0v) is 21.6. The highest BCUT2D eigenvalue weighted by atomic mass is 31.2. The molecule has 5 heteroatoms. The first-order valence-corrected chi connectivity index (χ1v) is 14.5. The van der Waals surface area contributed by atoms with Crippen LogP contribution in [-0.4, -0.2) is 37.5 Å². The quantitative estimate of drug-likeness (QED) is 0.299. The largest absolute Gasteiger partial charge is 0.341 e. The normalized spacial score (nSPS) is 12.1. The van der Waals surface area contributed by atoms with Gasteiger partial charge in [0, 0.05) is 0 Å². The van der Waals surface area contributed by atoms with Gasteiger partial charge < -0.3 is 0 Å². The van der Waals surface area contributed by atoms with Gasteiger partial charge >= 0.3 is 14.4 Å². The molecule has 0 heterocycles. The lowest BCUT2D eigenvalue weighted by Crippen LogP contribution is -2.33. The third-order valence-corrected chi connectivity index (χ3v) is 14.3. The molecule has 0 spiro atoms. The Morgan fingerprint density at radius 3 is 0.788 bits per heavy atom. The van der Waals surface area contributed by atoms with Crippen molar-refractivity contribution < 1.29 is 0 Å². The Kier molecular flexibility index (Phi) is 7.20. The molecule has 4 aromatic rings. The average molecular weight is 473 g/mol. The van der Waals surface area contributed by atoms with Crippen molar-refractivity contribution in [1.82, 2.24) is 13.5 Å². The Morgan fingerprint density at radius 1 is 0.394 bits per heavy atom. The fourth-order valence-electron chi connectivity index (χ4n) is 4.32. The van der Waals surface area contributed by atoms with Gasteiger partial charge in [-0.3, -0.25) is 0 Å². The van der Waals surface area contributed by atoms with Crippen molar-refractivity contribution >= 4 is 35.6 Å². The number of rotatable bonds is 6. The monoisotopic (exact) mass is 472 g/mol. The second-order valence-electron chi connectivity index (χ2n) is 8.33. The van der Waals surface area contributed by atoms with Crippen LogP contribution in [0.25, 0.3) is 0 Å². The maximum Gasteiger partial charge on any atom is 0.341 e. The van der Waals surface area contributed by atoms with Crippen molar-refractivity contribution in [3.63, 3.8) is 0 Å². The van der Waals surface area contributed by atoms with Crippen LogP contribution in [0.2, 0.25) is 0 Å². The molecule has 33 heavy (non-hydrogen) atoms. The summed E-state index contributed by atoms with van der Waals surface area (Å²) in [4.78, 5) is 0. The van der Waals surface area contributed by atoms with E-state index in [1.165, 1.54) is 21.2 Å². The Balaban J connectivity index is 2.38. The van der Waals surface area contributed by atoms with Crippen LogP contribution in [0.4, 0.5) is 0 Å². The summed E-state index contributed by atoms with van der Waals surface area (Å²) >= 11 is 0. The highest BCUT2D eigenvalue weighted by Gasteiger charge is 2.45. The van der Waals surface area contributed by atoms with Gasteiger partial charge in [-0.15, -0.1) is 4.17 Å². The molecule has 0 saturated heterocycles. The predicted molar refractivity (Wildman–Crippen MR) is 148 cm³/mol. The summed E-state index contributed by atoms with van der Waals surface area (Å²) in [5, 5.41) is 5.05. The fourth-order valence-corrected chi connectivity index (χ4v) is 13.5. The predicted octanol–water partition coefficient (Wildman–Crippen LogP) is 4.71. The zero-order valence-electron chi connectivity index (χ0n) is 19.8. The molecule has 0 aliphatic heterocycles. The molecular formula is C28H32N3P2+. The van der Waals surface area contributed by atoms with Crippen molar-refractivity contribution in [2.75, 3.05) is 28.2 Å².